The number of thiocarbonyl (C=S) groups is 1. The molecule has 0 amide bonds. The van der Waals surface area contributed by atoms with E-state index < -0.39 is 0 Å². The Balaban J connectivity index is 1.94. The first-order valence-electron chi connectivity index (χ1n) is 6.58. The minimum Gasteiger partial charge on any atom is -0.331 e. The molecular weight excluding hydrogens is 337 g/mol. The quantitative estimate of drug-likeness (QED) is 0.467. The zero-order chi connectivity index (χ0) is 16.1. The second-order valence-corrected chi connectivity index (χ2v) is 6.04. The molecule has 2 aromatic rings. The van der Waals surface area contributed by atoms with Gasteiger partial charge in [0, 0.05) is 5.69 Å². The van der Waals surface area contributed by atoms with Crippen LogP contribution in [0, 0.1) is 13.8 Å². The number of nitrogens with one attached hydrogen (secondary N) is 2. The molecule has 114 valence electrons. The third-order valence-electron chi connectivity index (χ3n) is 2.95. The Labute approximate surface area is 145 Å². The van der Waals surface area contributed by atoms with Gasteiger partial charge in [0.25, 0.3) is 0 Å². The van der Waals surface area contributed by atoms with Crippen LogP contribution in [0.2, 0.25) is 10.0 Å². The number of halogens is 2. The van der Waals surface area contributed by atoms with Crippen molar-refractivity contribution < 1.29 is 0 Å². The molecule has 2 N–H and O–H groups in total. The number of hydrazone groups is 1. The van der Waals surface area contributed by atoms with Crippen LogP contribution >= 0.6 is 35.4 Å². The molecule has 0 spiro atoms. The van der Waals surface area contributed by atoms with Gasteiger partial charge in [-0.2, -0.15) is 5.10 Å². The van der Waals surface area contributed by atoms with Crippen molar-refractivity contribution >= 4 is 52.4 Å². The number of benzene rings is 2. The second-order valence-electron chi connectivity index (χ2n) is 4.82. The summed E-state index contributed by atoms with van der Waals surface area (Å²) in [5.41, 5.74) is 6.88. The monoisotopic (exact) mass is 351 g/mol. The summed E-state index contributed by atoms with van der Waals surface area (Å²) in [7, 11) is 0. The zero-order valence-electron chi connectivity index (χ0n) is 12.2. The maximum Gasteiger partial charge on any atom is 0.191 e. The highest BCUT2D eigenvalue weighted by molar-refractivity contribution is 7.80. The van der Waals surface area contributed by atoms with Gasteiger partial charge in [-0.3, -0.25) is 5.43 Å². The Kier molecular flexibility index (Phi) is 5.77. The van der Waals surface area contributed by atoms with Crippen molar-refractivity contribution in [3.63, 3.8) is 0 Å². The van der Waals surface area contributed by atoms with Gasteiger partial charge in [-0.15, -0.1) is 0 Å². The van der Waals surface area contributed by atoms with Crippen LogP contribution in [0.15, 0.2) is 41.5 Å². The number of hydrogen-bond acceptors (Lipinski definition) is 2. The molecule has 3 nitrogen and oxygen atoms in total. The lowest BCUT2D eigenvalue weighted by Gasteiger charge is -2.10. The molecule has 0 unspecified atom stereocenters. The smallest absolute Gasteiger partial charge is 0.191 e. The fourth-order valence-electron chi connectivity index (χ4n) is 1.86. The summed E-state index contributed by atoms with van der Waals surface area (Å²) in [6, 6.07) is 11.4. The summed E-state index contributed by atoms with van der Waals surface area (Å²) in [5, 5.41) is 8.60. The molecule has 0 heterocycles. The van der Waals surface area contributed by atoms with E-state index in [4.69, 9.17) is 35.4 Å². The number of hydrogen-bond donors (Lipinski definition) is 2. The zero-order valence-corrected chi connectivity index (χ0v) is 14.5. The summed E-state index contributed by atoms with van der Waals surface area (Å²) in [5.74, 6) is 0. The Hall–Kier alpha value is -1.62. The van der Waals surface area contributed by atoms with Gasteiger partial charge in [0.2, 0.25) is 0 Å². The van der Waals surface area contributed by atoms with E-state index in [1.807, 2.05) is 25.1 Å². The normalized spacial score (nSPS) is 10.7. The molecule has 0 saturated heterocycles. The largest absolute Gasteiger partial charge is 0.331 e. The molecule has 6 heteroatoms. The highest BCUT2D eigenvalue weighted by Crippen LogP contribution is 2.21. The van der Waals surface area contributed by atoms with Gasteiger partial charge in [0.15, 0.2) is 5.11 Å². The van der Waals surface area contributed by atoms with Crippen LogP contribution in [0.3, 0.4) is 0 Å². The Morgan fingerprint density at radius 1 is 1.09 bits per heavy atom. The third-order valence-corrected chi connectivity index (χ3v) is 3.89. The first-order chi connectivity index (χ1) is 10.5. The predicted octanol–water partition coefficient (Wildman–Crippen LogP) is 4.93. The van der Waals surface area contributed by atoms with Gasteiger partial charge >= 0.3 is 0 Å². The van der Waals surface area contributed by atoms with E-state index in [-0.39, 0.29) is 0 Å². The van der Waals surface area contributed by atoms with Crippen LogP contribution < -0.4 is 10.7 Å². The average Bonchev–Trinajstić information content (AvgIpc) is 2.46. The van der Waals surface area contributed by atoms with E-state index in [9.17, 15) is 0 Å². The number of nitrogens with zero attached hydrogens (tertiary/aromatic N) is 1. The van der Waals surface area contributed by atoms with Crippen molar-refractivity contribution in [2.45, 2.75) is 13.8 Å². The number of aryl methyl sites for hydroxylation is 2. The molecule has 2 aromatic carbocycles. The highest BCUT2D eigenvalue weighted by atomic mass is 35.5. The molecule has 0 radical (unpaired) electrons. The molecule has 0 bridgehead atoms. The van der Waals surface area contributed by atoms with E-state index in [0.29, 0.717) is 15.2 Å². The van der Waals surface area contributed by atoms with E-state index in [2.05, 4.69) is 28.8 Å². The standard InChI is InChI=1S/C16H15Cl2N3S/c1-10-3-6-15(11(2)7-10)20-16(22)21-19-9-12-4-5-13(17)14(18)8-12/h3-9H,1-2H3,(H2,20,21,22). The average molecular weight is 352 g/mol. The molecule has 2 rings (SSSR count). The van der Waals surface area contributed by atoms with E-state index in [1.54, 1.807) is 18.3 Å². The first-order valence-corrected chi connectivity index (χ1v) is 7.74. The molecule has 0 aliphatic carbocycles. The van der Waals surface area contributed by atoms with Gasteiger partial charge in [-0.05, 0) is 55.4 Å². The van der Waals surface area contributed by atoms with Gasteiger partial charge in [0.1, 0.15) is 0 Å². The van der Waals surface area contributed by atoms with Crippen molar-refractivity contribution in [1.29, 1.82) is 0 Å². The lowest BCUT2D eigenvalue weighted by molar-refractivity contribution is 1.05. The molecule has 0 saturated carbocycles. The summed E-state index contributed by atoms with van der Waals surface area (Å²) in [6.45, 7) is 4.08. The molecule has 0 aliphatic heterocycles. The van der Waals surface area contributed by atoms with Gasteiger partial charge in [-0.25, -0.2) is 0 Å². The molecule has 0 fully saturated rings. The van der Waals surface area contributed by atoms with Gasteiger partial charge < -0.3 is 5.32 Å². The van der Waals surface area contributed by atoms with Crippen LogP contribution in [-0.4, -0.2) is 11.3 Å². The second kappa shape index (κ2) is 7.58. The lowest BCUT2D eigenvalue weighted by atomic mass is 10.1. The van der Waals surface area contributed by atoms with Crippen LogP contribution in [0.5, 0.6) is 0 Å². The first kappa shape index (κ1) is 16.7. The lowest BCUT2D eigenvalue weighted by Crippen LogP contribution is -2.24. The Bertz CT molecular complexity index is 729. The topological polar surface area (TPSA) is 36.4 Å². The van der Waals surface area contributed by atoms with Crippen molar-refractivity contribution in [1.82, 2.24) is 5.43 Å². The van der Waals surface area contributed by atoms with Crippen molar-refractivity contribution in [3.8, 4) is 0 Å². The third kappa shape index (κ3) is 4.70. The molecule has 22 heavy (non-hydrogen) atoms. The Morgan fingerprint density at radius 2 is 1.86 bits per heavy atom. The summed E-state index contributed by atoms with van der Waals surface area (Å²) < 4.78 is 0. The van der Waals surface area contributed by atoms with Crippen molar-refractivity contribution in [2.75, 3.05) is 5.32 Å². The molecule has 0 aromatic heterocycles. The maximum absolute atomic E-state index is 5.94. The Morgan fingerprint density at radius 3 is 2.55 bits per heavy atom. The van der Waals surface area contributed by atoms with Crippen LogP contribution in [-0.2, 0) is 0 Å². The summed E-state index contributed by atoms with van der Waals surface area (Å²) >= 11 is 17.0. The van der Waals surface area contributed by atoms with Crippen molar-refractivity contribution in [2.24, 2.45) is 5.10 Å². The van der Waals surface area contributed by atoms with E-state index >= 15 is 0 Å². The minimum absolute atomic E-state index is 0.420. The summed E-state index contributed by atoms with van der Waals surface area (Å²) in [6.07, 6.45) is 1.62. The van der Waals surface area contributed by atoms with Crippen LogP contribution in [0.4, 0.5) is 5.69 Å². The SMILES string of the molecule is Cc1ccc(NC(=S)NN=Cc2ccc(Cl)c(Cl)c2)c(C)c1. The molecule has 0 atom stereocenters. The predicted molar refractivity (Wildman–Crippen MR) is 99.3 cm³/mol. The molecule has 0 aliphatic rings. The summed E-state index contributed by atoms with van der Waals surface area (Å²) in [4.78, 5) is 0. The van der Waals surface area contributed by atoms with Crippen molar-refractivity contribution in [3.05, 3.63) is 63.1 Å². The highest BCUT2D eigenvalue weighted by Gasteiger charge is 2.01. The van der Waals surface area contributed by atoms with Gasteiger partial charge in [-0.1, -0.05) is 47.0 Å². The van der Waals surface area contributed by atoms with Gasteiger partial charge in [0.05, 0.1) is 16.3 Å². The van der Waals surface area contributed by atoms with Crippen LogP contribution in [0.25, 0.3) is 0 Å². The van der Waals surface area contributed by atoms with Crippen LogP contribution in [0.1, 0.15) is 16.7 Å². The minimum atomic E-state index is 0.420. The fraction of sp³-hybridized carbons (Fsp3) is 0.125. The van der Waals surface area contributed by atoms with E-state index in [0.717, 1.165) is 16.8 Å². The molecular formula is C16H15Cl2N3S. The number of rotatable bonds is 3. The fourth-order valence-corrected chi connectivity index (χ4v) is 2.33. The van der Waals surface area contributed by atoms with E-state index in [1.165, 1.54) is 5.56 Å². The maximum atomic E-state index is 5.94. The number of anilines is 1.